The Morgan fingerprint density at radius 1 is 1.37 bits per heavy atom. The molecular weight excluding hydrogens is 247 g/mol. The van der Waals surface area contributed by atoms with E-state index in [1.165, 1.54) is 12.1 Å². The van der Waals surface area contributed by atoms with Gasteiger partial charge in [0, 0.05) is 12.1 Å². The van der Waals surface area contributed by atoms with Crippen LogP contribution in [0.4, 0.5) is 15.8 Å². The highest BCUT2D eigenvalue weighted by atomic mass is 19.1. The first-order valence-corrected chi connectivity index (χ1v) is 6.68. The first-order chi connectivity index (χ1) is 8.97. The maximum atomic E-state index is 13.8. The summed E-state index contributed by atoms with van der Waals surface area (Å²) in [5.41, 5.74) is 0.144. The van der Waals surface area contributed by atoms with Gasteiger partial charge in [-0.1, -0.05) is 13.8 Å². The van der Waals surface area contributed by atoms with E-state index in [2.05, 4.69) is 19.2 Å². The average molecular weight is 266 g/mol. The zero-order valence-electron chi connectivity index (χ0n) is 11.2. The van der Waals surface area contributed by atoms with Crippen LogP contribution in [0.3, 0.4) is 0 Å². The lowest BCUT2D eigenvalue weighted by atomic mass is 9.80. The summed E-state index contributed by atoms with van der Waals surface area (Å²) in [6.07, 6.45) is 3.28. The fraction of sp³-hybridized carbons (Fsp3) is 0.571. The summed E-state index contributed by atoms with van der Waals surface area (Å²) in [6, 6.07) is 4.00. The van der Waals surface area contributed by atoms with Crippen molar-refractivity contribution in [1.29, 1.82) is 0 Å². The number of nitrogens with one attached hydrogen (secondary N) is 1. The van der Waals surface area contributed by atoms with Gasteiger partial charge in [-0.05, 0) is 37.2 Å². The third-order valence-corrected chi connectivity index (χ3v) is 3.94. The second kappa shape index (κ2) is 5.55. The molecule has 0 aliphatic heterocycles. The van der Waals surface area contributed by atoms with E-state index in [0.29, 0.717) is 11.6 Å². The molecule has 3 atom stereocenters. The fourth-order valence-electron chi connectivity index (χ4n) is 2.81. The molecule has 0 heterocycles. The molecule has 3 unspecified atom stereocenters. The Bertz CT molecular complexity index is 479. The van der Waals surface area contributed by atoms with Crippen molar-refractivity contribution >= 4 is 11.4 Å². The summed E-state index contributed by atoms with van der Waals surface area (Å²) in [5, 5.41) is 13.7. The van der Waals surface area contributed by atoms with Crippen LogP contribution in [0.5, 0.6) is 0 Å². The van der Waals surface area contributed by atoms with Crippen LogP contribution >= 0.6 is 0 Å². The summed E-state index contributed by atoms with van der Waals surface area (Å²) < 4.78 is 13.8. The number of nitrogens with zero attached hydrogens (tertiary/aromatic N) is 1. The molecule has 1 aliphatic rings. The monoisotopic (exact) mass is 266 g/mol. The van der Waals surface area contributed by atoms with Crippen molar-refractivity contribution in [3.05, 3.63) is 34.1 Å². The zero-order valence-corrected chi connectivity index (χ0v) is 11.2. The second-order valence-electron chi connectivity index (χ2n) is 5.57. The third kappa shape index (κ3) is 3.22. The maximum Gasteiger partial charge on any atom is 0.272 e. The van der Waals surface area contributed by atoms with Gasteiger partial charge in [0.05, 0.1) is 16.7 Å². The van der Waals surface area contributed by atoms with Crippen LogP contribution in [-0.4, -0.2) is 11.0 Å². The Morgan fingerprint density at radius 2 is 2.11 bits per heavy atom. The van der Waals surface area contributed by atoms with Gasteiger partial charge in [0.25, 0.3) is 5.69 Å². The smallest absolute Gasteiger partial charge is 0.272 e. The van der Waals surface area contributed by atoms with E-state index < -0.39 is 10.7 Å². The van der Waals surface area contributed by atoms with Gasteiger partial charge in [-0.2, -0.15) is 0 Å². The molecule has 19 heavy (non-hydrogen) atoms. The molecule has 0 saturated heterocycles. The quantitative estimate of drug-likeness (QED) is 0.665. The van der Waals surface area contributed by atoms with E-state index in [1.54, 1.807) is 0 Å². The van der Waals surface area contributed by atoms with E-state index in [4.69, 9.17) is 0 Å². The Labute approximate surface area is 112 Å². The van der Waals surface area contributed by atoms with Crippen molar-refractivity contribution in [2.24, 2.45) is 11.8 Å². The molecule has 4 nitrogen and oxygen atoms in total. The van der Waals surface area contributed by atoms with Crippen LogP contribution in [0.2, 0.25) is 0 Å². The molecule has 0 amide bonds. The van der Waals surface area contributed by atoms with Crippen LogP contribution < -0.4 is 5.32 Å². The van der Waals surface area contributed by atoms with Crippen molar-refractivity contribution in [2.45, 2.75) is 39.2 Å². The number of rotatable bonds is 3. The van der Waals surface area contributed by atoms with Crippen LogP contribution in [0, 0.1) is 27.8 Å². The molecule has 0 spiro atoms. The number of non-ortho nitro benzene ring substituents is 1. The lowest BCUT2D eigenvalue weighted by molar-refractivity contribution is -0.385. The first kappa shape index (κ1) is 13.8. The minimum Gasteiger partial charge on any atom is -0.380 e. The summed E-state index contributed by atoms with van der Waals surface area (Å²) in [7, 11) is 0. The number of hydrogen-bond donors (Lipinski definition) is 1. The number of nitro benzene ring substituents is 1. The average Bonchev–Trinajstić information content (AvgIpc) is 2.34. The van der Waals surface area contributed by atoms with Gasteiger partial charge in [0.1, 0.15) is 0 Å². The molecule has 1 aromatic carbocycles. The molecule has 1 fully saturated rings. The summed E-state index contributed by atoms with van der Waals surface area (Å²) >= 11 is 0. The topological polar surface area (TPSA) is 55.2 Å². The summed E-state index contributed by atoms with van der Waals surface area (Å²) in [5.74, 6) is 0.646. The number of hydrogen-bond acceptors (Lipinski definition) is 3. The molecule has 1 aliphatic carbocycles. The van der Waals surface area contributed by atoms with Gasteiger partial charge in [-0.3, -0.25) is 10.1 Å². The minimum absolute atomic E-state index is 0.214. The van der Waals surface area contributed by atoms with Crippen LogP contribution in [-0.2, 0) is 0 Å². The predicted molar refractivity (Wildman–Crippen MR) is 72.6 cm³/mol. The highest BCUT2D eigenvalue weighted by molar-refractivity contribution is 5.50. The van der Waals surface area contributed by atoms with Crippen LogP contribution in [0.25, 0.3) is 0 Å². The van der Waals surface area contributed by atoms with Crippen LogP contribution in [0.1, 0.15) is 33.1 Å². The van der Waals surface area contributed by atoms with E-state index in [0.717, 1.165) is 31.2 Å². The van der Waals surface area contributed by atoms with E-state index in [9.17, 15) is 14.5 Å². The summed E-state index contributed by atoms with van der Waals surface area (Å²) in [6.45, 7) is 4.40. The largest absolute Gasteiger partial charge is 0.380 e. The Kier molecular flexibility index (Phi) is 4.02. The first-order valence-electron chi connectivity index (χ1n) is 6.68. The van der Waals surface area contributed by atoms with Crippen LogP contribution in [0.15, 0.2) is 18.2 Å². The molecule has 104 valence electrons. The van der Waals surface area contributed by atoms with Gasteiger partial charge in [0.2, 0.25) is 0 Å². The van der Waals surface area contributed by atoms with Gasteiger partial charge in [-0.25, -0.2) is 4.39 Å². The SMILES string of the molecule is CC1CCC(Nc2ccc([N+](=O)[O-])cc2F)C(C)C1. The van der Waals surface area contributed by atoms with Crippen molar-refractivity contribution in [1.82, 2.24) is 0 Å². The number of halogens is 1. The summed E-state index contributed by atoms with van der Waals surface area (Å²) in [4.78, 5) is 9.98. The highest BCUT2D eigenvalue weighted by Gasteiger charge is 2.26. The molecular formula is C14H19FN2O2. The van der Waals surface area contributed by atoms with Gasteiger partial charge in [-0.15, -0.1) is 0 Å². The Balaban J connectivity index is 2.09. The normalized spacial score (nSPS) is 27.0. The molecule has 0 radical (unpaired) electrons. The van der Waals surface area contributed by atoms with Gasteiger partial charge < -0.3 is 5.32 Å². The Hall–Kier alpha value is -1.65. The zero-order chi connectivity index (χ0) is 14.0. The lowest BCUT2D eigenvalue weighted by Crippen LogP contribution is -2.33. The van der Waals surface area contributed by atoms with Crippen molar-refractivity contribution in [2.75, 3.05) is 5.32 Å². The number of nitro groups is 1. The van der Waals surface area contributed by atoms with Gasteiger partial charge in [0.15, 0.2) is 5.82 Å². The molecule has 0 bridgehead atoms. The van der Waals surface area contributed by atoms with Crippen molar-refractivity contribution < 1.29 is 9.31 Å². The van der Waals surface area contributed by atoms with E-state index >= 15 is 0 Å². The fourth-order valence-corrected chi connectivity index (χ4v) is 2.81. The minimum atomic E-state index is -0.586. The molecule has 0 aromatic heterocycles. The lowest BCUT2D eigenvalue weighted by Gasteiger charge is -2.33. The number of anilines is 1. The number of benzene rings is 1. The van der Waals surface area contributed by atoms with Gasteiger partial charge >= 0.3 is 0 Å². The highest BCUT2D eigenvalue weighted by Crippen LogP contribution is 2.31. The third-order valence-electron chi connectivity index (χ3n) is 3.94. The van der Waals surface area contributed by atoms with Crippen molar-refractivity contribution in [3.8, 4) is 0 Å². The second-order valence-corrected chi connectivity index (χ2v) is 5.57. The molecule has 1 N–H and O–H groups in total. The predicted octanol–water partition coefficient (Wildman–Crippen LogP) is 3.97. The Morgan fingerprint density at radius 3 is 2.68 bits per heavy atom. The maximum absolute atomic E-state index is 13.8. The van der Waals surface area contributed by atoms with E-state index in [1.807, 2.05) is 0 Å². The molecule has 2 rings (SSSR count). The molecule has 1 aromatic rings. The molecule has 5 heteroatoms. The standard InChI is InChI=1S/C14H19FN2O2/c1-9-3-5-13(10(2)7-9)16-14-6-4-11(17(18)19)8-12(14)15/h4,6,8-10,13,16H,3,5,7H2,1-2H3. The van der Waals surface area contributed by atoms with Crippen molar-refractivity contribution in [3.63, 3.8) is 0 Å². The molecule has 1 saturated carbocycles. The van der Waals surface area contributed by atoms with E-state index in [-0.39, 0.29) is 11.7 Å².